The van der Waals surface area contributed by atoms with Crippen LogP contribution in [0.15, 0.2) is 17.5 Å². The first-order valence-electron chi connectivity index (χ1n) is 4.70. The Morgan fingerprint density at radius 1 is 1.53 bits per heavy atom. The second kappa shape index (κ2) is 5.50. The summed E-state index contributed by atoms with van der Waals surface area (Å²) in [6.07, 6.45) is 0. The second-order valence-electron chi connectivity index (χ2n) is 3.07. The first-order valence-corrected chi connectivity index (χ1v) is 5.58. The van der Waals surface area contributed by atoms with Gasteiger partial charge in [0.15, 0.2) is 0 Å². The molecule has 0 aliphatic carbocycles. The van der Waals surface area contributed by atoms with Gasteiger partial charge in [0, 0.05) is 13.6 Å². The van der Waals surface area contributed by atoms with Crippen LogP contribution in [0, 0.1) is 0 Å². The number of carbonyl (C=O) groups excluding carboxylic acids is 2. The summed E-state index contributed by atoms with van der Waals surface area (Å²) in [7, 11) is 1.71. The van der Waals surface area contributed by atoms with Crippen LogP contribution in [0.1, 0.15) is 16.6 Å². The van der Waals surface area contributed by atoms with E-state index in [0.29, 0.717) is 11.4 Å². The molecule has 15 heavy (non-hydrogen) atoms. The molecule has 1 aromatic heterocycles. The van der Waals surface area contributed by atoms with Crippen molar-refractivity contribution >= 4 is 23.2 Å². The number of rotatable bonds is 4. The van der Waals surface area contributed by atoms with Gasteiger partial charge in [0.2, 0.25) is 5.91 Å². The Kier molecular flexibility index (Phi) is 4.30. The molecule has 0 atom stereocenters. The van der Waals surface area contributed by atoms with Gasteiger partial charge in [-0.05, 0) is 18.4 Å². The minimum atomic E-state index is -0.192. The molecule has 1 aromatic rings. The van der Waals surface area contributed by atoms with E-state index in [0.717, 1.165) is 0 Å². The molecule has 0 aliphatic rings. The fourth-order valence-corrected chi connectivity index (χ4v) is 1.60. The monoisotopic (exact) mass is 226 g/mol. The topological polar surface area (TPSA) is 49.4 Å². The van der Waals surface area contributed by atoms with Gasteiger partial charge in [-0.1, -0.05) is 6.07 Å². The van der Waals surface area contributed by atoms with E-state index < -0.39 is 0 Å². The summed E-state index contributed by atoms with van der Waals surface area (Å²) < 4.78 is 0. The summed E-state index contributed by atoms with van der Waals surface area (Å²) in [6, 6.07) is 3.54. The van der Waals surface area contributed by atoms with Crippen molar-refractivity contribution in [2.45, 2.75) is 6.92 Å². The van der Waals surface area contributed by atoms with Crippen molar-refractivity contribution < 1.29 is 9.59 Å². The molecule has 0 bridgehead atoms. The normalized spacial score (nSPS) is 9.73. The highest BCUT2D eigenvalue weighted by Gasteiger charge is 2.10. The molecule has 0 aromatic carbocycles. The fourth-order valence-electron chi connectivity index (χ4n) is 0.962. The molecule has 2 amide bonds. The van der Waals surface area contributed by atoms with Crippen LogP contribution in [0.2, 0.25) is 0 Å². The lowest BCUT2D eigenvalue weighted by molar-refractivity contribution is -0.128. The van der Waals surface area contributed by atoms with Crippen molar-refractivity contribution in [3.8, 4) is 0 Å². The largest absolute Gasteiger partial charge is 0.345 e. The third-order valence-corrected chi connectivity index (χ3v) is 2.91. The van der Waals surface area contributed by atoms with Crippen molar-refractivity contribution in [1.29, 1.82) is 0 Å². The van der Waals surface area contributed by atoms with Gasteiger partial charge >= 0.3 is 0 Å². The third-order valence-electron chi connectivity index (χ3n) is 2.05. The van der Waals surface area contributed by atoms with Crippen LogP contribution in [0.5, 0.6) is 0 Å². The van der Waals surface area contributed by atoms with Crippen molar-refractivity contribution in [2.75, 3.05) is 20.1 Å². The molecule has 1 N–H and O–H groups in total. The molecule has 0 radical (unpaired) electrons. The lowest BCUT2D eigenvalue weighted by Crippen LogP contribution is -2.37. The number of amides is 2. The average molecular weight is 226 g/mol. The second-order valence-corrected chi connectivity index (χ2v) is 4.02. The smallest absolute Gasteiger partial charge is 0.261 e. The zero-order valence-corrected chi connectivity index (χ0v) is 9.63. The van der Waals surface area contributed by atoms with Gasteiger partial charge in [0.05, 0.1) is 11.4 Å². The van der Waals surface area contributed by atoms with Gasteiger partial charge < -0.3 is 10.2 Å². The molecule has 5 heteroatoms. The van der Waals surface area contributed by atoms with Crippen LogP contribution in [0.4, 0.5) is 0 Å². The lowest BCUT2D eigenvalue weighted by Gasteiger charge is -2.14. The van der Waals surface area contributed by atoms with E-state index in [4.69, 9.17) is 0 Å². The molecule has 82 valence electrons. The van der Waals surface area contributed by atoms with E-state index in [1.54, 1.807) is 24.1 Å². The number of nitrogens with one attached hydrogen (secondary N) is 1. The van der Waals surface area contributed by atoms with Gasteiger partial charge in [-0.15, -0.1) is 11.3 Å². The van der Waals surface area contributed by atoms with E-state index in [9.17, 15) is 9.59 Å². The fraction of sp³-hybridized carbons (Fsp3) is 0.400. The highest BCUT2D eigenvalue weighted by molar-refractivity contribution is 7.12. The zero-order chi connectivity index (χ0) is 11.3. The zero-order valence-electron chi connectivity index (χ0n) is 8.82. The Balaban J connectivity index is 2.38. The number of hydrogen-bond acceptors (Lipinski definition) is 3. The third kappa shape index (κ3) is 3.36. The molecule has 0 spiro atoms. The maximum absolute atomic E-state index is 11.4. The summed E-state index contributed by atoms with van der Waals surface area (Å²) in [5.41, 5.74) is 0. The van der Waals surface area contributed by atoms with Crippen molar-refractivity contribution in [3.05, 3.63) is 22.4 Å². The van der Waals surface area contributed by atoms with E-state index in [1.165, 1.54) is 11.3 Å². The molecule has 0 fully saturated rings. The molecule has 1 heterocycles. The highest BCUT2D eigenvalue weighted by atomic mass is 32.1. The standard InChI is InChI=1S/C10H14N2O2S/c1-3-12(2)9(13)7-11-10(14)8-5-4-6-15-8/h4-6H,3,7H2,1-2H3,(H,11,14). The van der Waals surface area contributed by atoms with Crippen LogP contribution >= 0.6 is 11.3 Å². The summed E-state index contributed by atoms with van der Waals surface area (Å²) in [4.78, 5) is 25.0. The van der Waals surface area contributed by atoms with Crippen molar-refractivity contribution in [3.63, 3.8) is 0 Å². The van der Waals surface area contributed by atoms with Crippen molar-refractivity contribution in [2.24, 2.45) is 0 Å². The minimum Gasteiger partial charge on any atom is -0.345 e. The highest BCUT2D eigenvalue weighted by Crippen LogP contribution is 2.07. The Bertz CT molecular complexity index is 335. The molecule has 0 aliphatic heterocycles. The minimum absolute atomic E-state index is 0.0566. The summed E-state index contributed by atoms with van der Waals surface area (Å²) >= 11 is 1.36. The SMILES string of the molecule is CCN(C)C(=O)CNC(=O)c1cccs1. The van der Waals surface area contributed by atoms with Crippen LogP contribution in [-0.4, -0.2) is 36.9 Å². The molecule has 4 nitrogen and oxygen atoms in total. The van der Waals surface area contributed by atoms with Gasteiger partial charge in [-0.25, -0.2) is 0 Å². The number of likely N-dealkylation sites (N-methyl/N-ethyl adjacent to an activating group) is 1. The van der Waals surface area contributed by atoms with E-state index in [1.807, 2.05) is 12.3 Å². The van der Waals surface area contributed by atoms with Gasteiger partial charge in [0.1, 0.15) is 0 Å². The van der Waals surface area contributed by atoms with Crippen LogP contribution in [0.25, 0.3) is 0 Å². The van der Waals surface area contributed by atoms with E-state index in [-0.39, 0.29) is 18.4 Å². The molecule has 0 saturated carbocycles. The summed E-state index contributed by atoms with van der Waals surface area (Å²) in [6.45, 7) is 2.59. The first-order chi connectivity index (χ1) is 7.15. The predicted octanol–water partition coefficient (Wildman–Crippen LogP) is 0.956. The quantitative estimate of drug-likeness (QED) is 0.831. The Morgan fingerprint density at radius 2 is 2.27 bits per heavy atom. The number of thiophene rings is 1. The van der Waals surface area contributed by atoms with Gasteiger partial charge in [0.25, 0.3) is 5.91 Å². The first kappa shape index (κ1) is 11.7. The number of nitrogens with zero attached hydrogens (tertiary/aromatic N) is 1. The maximum Gasteiger partial charge on any atom is 0.261 e. The molecule has 1 rings (SSSR count). The molecule has 0 unspecified atom stereocenters. The van der Waals surface area contributed by atoms with Gasteiger partial charge in [-0.3, -0.25) is 9.59 Å². The van der Waals surface area contributed by atoms with Gasteiger partial charge in [-0.2, -0.15) is 0 Å². The van der Waals surface area contributed by atoms with Crippen LogP contribution in [0.3, 0.4) is 0 Å². The molecular weight excluding hydrogens is 212 g/mol. The average Bonchev–Trinajstić information content (AvgIpc) is 2.77. The van der Waals surface area contributed by atoms with E-state index in [2.05, 4.69) is 5.32 Å². The number of hydrogen-bond donors (Lipinski definition) is 1. The Hall–Kier alpha value is -1.36. The molecular formula is C10H14N2O2S. The summed E-state index contributed by atoms with van der Waals surface area (Å²) in [5, 5.41) is 4.41. The summed E-state index contributed by atoms with van der Waals surface area (Å²) in [5.74, 6) is -0.273. The van der Waals surface area contributed by atoms with Crippen LogP contribution in [-0.2, 0) is 4.79 Å². The van der Waals surface area contributed by atoms with Crippen LogP contribution < -0.4 is 5.32 Å². The number of carbonyl (C=O) groups is 2. The van der Waals surface area contributed by atoms with Crippen molar-refractivity contribution in [1.82, 2.24) is 10.2 Å². The Labute approximate surface area is 92.9 Å². The maximum atomic E-state index is 11.4. The Morgan fingerprint density at radius 3 is 2.80 bits per heavy atom. The lowest BCUT2D eigenvalue weighted by atomic mass is 10.4. The molecule has 0 saturated heterocycles. The van der Waals surface area contributed by atoms with E-state index >= 15 is 0 Å². The predicted molar refractivity (Wildman–Crippen MR) is 60.0 cm³/mol.